The van der Waals surface area contributed by atoms with Gasteiger partial charge in [-0.2, -0.15) is 4.31 Å². The zero-order chi connectivity index (χ0) is 12.3. The summed E-state index contributed by atoms with van der Waals surface area (Å²) in [5.74, 6) is 0.267. The van der Waals surface area contributed by atoms with Crippen molar-refractivity contribution >= 4 is 10.0 Å². The van der Waals surface area contributed by atoms with Crippen LogP contribution in [0.5, 0.6) is 5.75 Å². The SMILES string of the molecule is CS(=O)(=O)N1Cc2ccc(O)cc2C2(CC2)C1. The van der Waals surface area contributed by atoms with Gasteiger partial charge in [0, 0.05) is 18.5 Å². The molecule has 3 rings (SSSR count). The van der Waals surface area contributed by atoms with Crippen LogP contribution >= 0.6 is 0 Å². The van der Waals surface area contributed by atoms with Crippen LogP contribution in [0.4, 0.5) is 0 Å². The summed E-state index contributed by atoms with van der Waals surface area (Å²) < 4.78 is 24.9. The molecule has 0 saturated heterocycles. The molecule has 1 aliphatic heterocycles. The maximum atomic E-state index is 11.7. The van der Waals surface area contributed by atoms with Crippen molar-refractivity contribution in [3.05, 3.63) is 29.3 Å². The fraction of sp³-hybridized carbons (Fsp3) is 0.500. The van der Waals surface area contributed by atoms with Crippen molar-refractivity contribution in [2.75, 3.05) is 12.8 Å². The summed E-state index contributed by atoms with van der Waals surface area (Å²) in [6, 6.07) is 5.25. The minimum atomic E-state index is -3.14. The molecule has 1 aliphatic carbocycles. The maximum Gasteiger partial charge on any atom is 0.211 e. The van der Waals surface area contributed by atoms with E-state index in [9.17, 15) is 13.5 Å². The number of benzene rings is 1. The molecule has 1 spiro atoms. The van der Waals surface area contributed by atoms with E-state index in [0.717, 1.165) is 24.0 Å². The Kier molecular flexibility index (Phi) is 2.10. The topological polar surface area (TPSA) is 57.6 Å². The number of rotatable bonds is 1. The second-order valence-corrected chi connectivity index (χ2v) is 7.14. The molecule has 0 aromatic heterocycles. The Hall–Kier alpha value is -1.07. The van der Waals surface area contributed by atoms with Gasteiger partial charge in [-0.1, -0.05) is 6.07 Å². The predicted molar refractivity (Wildman–Crippen MR) is 64.3 cm³/mol. The van der Waals surface area contributed by atoms with Crippen molar-refractivity contribution in [2.45, 2.75) is 24.8 Å². The Morgan fingerprint density at radius 2 is 2.06 bits per heavy atom. The number of phenols is 1. The highest BCUT2D eigenvalue weighted by Crippen LogP contribution is 2.53. The van der Waals surface area contributed by atoms with Crippen LogP contribution in [0.2, 0.25) is 0 Å². The van der Waals surface area contributed by atoms with Gasteiger partial charge in [-0.25, -0.2) is 8.42 Å². The Bertz CT molecular complexity index is 575. The van der Waals surface area contributed by atoms with Crippen molar-refractivity contribution in [1.82, 2.24) is 4.31 Å². The molecule has 1 aromatic carbocycles. The Labute approximate surface area is 101 Å². The van der Waals surface area contributed by atoms with E-state index in [2.05, 4.69) is 0 Å². The molecule has 5 heteroatoms. The summed E-state index contributed by atoms with van der Waals surface area (Å²) in [5, 5.41) is 9.54. The first-order valence-corrected chi connectivity index (χ1v) is 7.53. The van der Waals surface area contributed by atoms with Gasteiger partial charge in [-0.05, 0) is 36.1 Å². The molecule has 0 radical (unpaired) electrons. The molecule has 17 heavy (non-hydrogen) atoms. The second-order valence-electron chi connectivity index (χ2n) is 5.15. The molecule has 92 valence electrons. The summed E-state index contributed by atoms with van der Waals surface area (Å²) in [5.41, 5.74) is 2.13. The first-order chi connectivity index (χ1) is 7.91. The van der Waals surface area contributed by atoms with Gasteiger partial charge in [-0.15, -0.1) is 0 Å². The zero-order valence-electron chi connectivity index (χ0n) is 9.68. The normalized spacial score (nSPS) is 22.4. The van der Waals surface area contributed by atoms with Gasteiger partial charge in [0.05, 0.1) is 6.26 Å². The minimum absolute atomic E-state index is 0.0323. The van der Waals surface area contributed by atoms with Crippen molar-refractivity contribution in [1.29, 1.82) is 0 Å². The molecule has 0 bridgehead atoms. The molecule has 4 nitrogen and oxygen atoms in total. The third-order valence-corrected chi connectivity index (χ3v) is 5.01. The van der Waals surface area contributed by atoms with Crippen molar-refractivity contribution in [2.24, 2.45) is 0 Å². The molecule has 1 heterocycles. The van der Waals surface area contributed by atoms with Gasteiger partial charge in [0.15, 0.2) is 0 Å². The Morgan fingerprint density at radius 1 is 1.35 bits per heavy atom. The smallest absolute Gasteiger partial charge is 0.211 e. The highest BCUT2D eigenvalue weighted by atomic mass is 32.2. The van der Waals surface area contributed by atoms with Gasteiger partial charge in [-0.3, -0.25) is 0 Å². The minimum Gasteiger partial charge on any atom is -0.508 e. The molecule has 0 unspecified atom stereocenters. The van der Waals surface area contributed by atoms with E-state index < -0.39 is 10.0 Å². The van der Waals surface area contributed by atoms with E-state index in [0.29, 0.717) is 13.1 Å². The summed E-state index contributed by atoms with van der Waals surface area (Å²) in [4.78, 5) is 0. The third kappa shape index (κ3) is 1.73. The second kappa shape index (κ2) is 3.23. The molecular weight excluding hydrogens is 238 g/mol. The standard InChI is InChI=1S/C12H15NO3S/c1-17(15,16)13-7-9-2-3-10(14)6-11(9)12(8-13)4-5-12/h2-3,6,14H,4-5,7-8H2,1H3. The van der Waals surface area contributed by atoms with Crippen LogP contribution < -0.4 is 0 Å². The van der Waals surface area contributed by atoms with Crippen molar-refractivity contribution in [3.8, 4) is 5.75 Å². The first kappa shape index (κ1) is 11.0. The van der Waals surface area contributed by atoms with Crippen LogP contribution in [0.3, 0.4) is 0 Å². The molecule has 0 amide bonds. The lowest BCUT2D eigenvalue weighted by molar-refractivity contribution is 0.345. The number of nitrogens with zero attached hydrogens (tertiary/aromatic N) is 1. The molecule has 2 aliphatic rings. The van der Waals surface area contributed by atoms with Crippen LogP contribution in [-0.4, -0.2) is 30.6 Å². The van der Waals surface area contributed by atoms with Crippen LogP contribution in [0, 0.1) is 0 Å². The van der Waals surface area contributed by atoms with Gasteiger partial charge >= 0.3 is 0 Å². The molecule has 1 saturated carbocycles. The summed E-state index contributed by atoms with van der Waals surface area (Å²) in [6.45, 7) is 0.985. The molecule has 1 N–H and O–H groups in total. The summed E-state index contributed by atoms with van der Waals surface area (Å²) in [7, 11) is -3.14. The highest BCUT2D eigenvalue weighted by molar-refractivity contribution is 7.88. The number of phenolic OH excluding ortho intramolecular Hbond substituents is 1. The van der Waals surface area contributed by atoms with E-state index in [1.807, 2.05) is 6.07 Å². The first-order valence-electron chi connectivity index (χ1n) is 5.68. The number of aromatic hydroxyl groups is 1. The quantitative estimate of drug-likeness (QED) is 0.818. The summed E-state index contributed by atoms with van der Waals surface area (Å²) in [6.07, 6.45) is 3.28. The van der Waals surface area contributed by atoms with Crippen LogP contribution in [-0.2, 0) is 22.0 Å². The lowest BCUT2D eigenvalue weighted by Gasteiger charge is -2.33. The number of sulfonamides is 1. The van der Waals surface area contributed by atoms with Gasteiger partial charge in [0.2, 0.25) is 10.0 Å². The van der Waals surface area contributed by atoms with E-state index in [1.165, 1.54) is 6.26 Å². The predicted octanol–water partition coefficient (Wildman–Crippen LogP) is 1.20. The van der Waals surface area contributed by atoms with E-state index in [1.54, 1.807) is 16.4 Å². The molecule has 1 fully saturated rings. The van der Waals surface area contributed by atoms with Crippen LogP contribution in [0.15, 0.2) is 18.2 Å². The van der Waals surface area contributed by atoms with Gasteiger partial charge in [0.25, 0.3) is 0 Å². The molecule has 0 atom stereocenters. The van der Waals surface area contributed by atoms with Crippen molar-refractivity contribution in [3.63, 3.8) is 0 Å². The maximum absolute atomic E-state index is 11.7. The number of hydrogen-bond donors (Lipinski definition) is 1. The van der Waals surface area contributed by atoms with Crippen LogP contribution in [0.25, 0.3) is 0 Å². The molecule has 1 aromatic rings. The Balaban J connectivity index is 2.09. The third-order valence-electron chi connectivity index (χ3n) is 3.81. The molecular formula is C12H15NO3S. The largest absolute Gasteiger partial charge is 0.508 e. The number of hydrogen-bond acceptors (Lipinski definition) is 3. The Morgan fingerprint density at radius 3 is 2.65 bits per heavy atom. The zero-order valence-corrected chi connectivity index (χ0v) is 10.5. The monoisotopic (exact) mass is 253 g/mol. The number of fused-ring (bicyclic) bond motifs is 2. The van der Waals surface area contributed by atoms with Crippen LogP contribution in [0.1, 0.15) is 24.0 Å². The van der Waals surface area contributed by atoms with E-state index in [-0.39, 0.29) is 11.2 Å². The van der Waals surface area contributed by atoms with Gasteiger partial charge < -0.3 is 5.11 Å². The average molecular weight is 253 g/mol. The lowest BCUT2D eigenvalue weighted by atomic mass is 9.88. The van der Waals surface area contributed by atoms with E-state index >= 15 is 0 Å². The van der Waals surface area contributed by atoms with E-state index in [4.69, 9.17) is 0 Å². The fourth-order valence-corrected chi connectivity index (χ4v) is 3.53. The average Bonchev–Trinajstić information content (AvgIpc) is 2.98. The fourth-order valence-electron chi connectivity index (χ4n) is 2.68. The lowest BCUT2D eigenvalue weighted by Crippen LogP contribution is -2.41. The van der Waals surface area contributed by atoms with Gasteiger partial charge in [0.1, 0.15) is 5.75 Å². The van der Waals surface area contributed by atoms with Crippen molar-refractivity contribution < 1.29 is 13.5 Å². The highest BCUT2D eigenvalue weighted by Gasteiger charge is 2.50. The summed E-state index contributed by atoms with van der Waals surface area (Å²) >= 11 is 0.